The van der Waals surface area contributed by atoms with Crippen molar-refractivity contribution in [2.75, 3.05) is 0 Å². The van der Waals surface area contributed by atoms with Crippen LogP contribution in [0.15, 0.2) is 164 Å². The van der Waals surface area contributed by atoms with E-state index in [1.54, 1.807) is 0 Å². The van der Waals surface area contributed by atoms with Crippen LogP contribution in [0.5, 0.6) is 0 Å². The van der Waals surface area contributed by atoms with E-state index < -0.39 is 0 Å². The summed E-state index contributed by atoms with van der Waals surface area (Å²) in [6.07, 6.45) is 0. The molecule has 3 heteroatoms. The molecule has 10 aromatic rings. The molecule has 0 radical (unpaired) electrons. The van der Waals surface area contributed by atoms with E-state index in [-0.39, 0.29) is 5.41 Å². The van der Waals surface area contributed by atoms with Gasteiger partial charge in [0.05, 0.1) is 22.2 Å². The highest BCUT2D eigenvalue weighted by atomic mass is 15.1. The molecule has 0 atom stereocenters. The van der Waals surface area contributed by atoms with Crippen molar-refractivity contribution in [1.29, 1.82) is 0 Å². The molecule has 11 rings (SSSR count). The number of hydrogen-bond donors (Lipinski definition) is 0. The minimum Gasteiger partial charge on any atom is -0.292 e. The van der Waals surface area contributed by atoms with E-state index in [4.69, 9.17) is 9.97 Å². The summed E-state index contributed by atoms with van der Waals surface area (Å²) in [5.74, 6) is 0.933. The first-order chi connectivity index (χ1) is 25.6. The number of fused-ring (bicyclic) bond motifs is 12. The van der Waals surface area contributed by atoms with Crippen LogP contribution >= 0.6 is 0 Å². The van der Waals surface area contributed by atoms with Crippen molar-refractivity contribution in [3.8, 4) is 39.5 Å². The monoisotopic (exact) mass is 663 g/mol. The third kappa shape index (κ3) is 3.96. The highest BCUT2D eigenvalue weighted by molar-refractivity contribution is 6.24. The number of pyridine rings is 1. The lowest BCUT2D eigenvalue weighted by Gasteiger charge is -2.26. The average Bonchev–Trinajstić information content (AvgIpc) is 3.71. The molecule has 2 aromatic heterocycles. The third-order valence-electron chi connectivity index (χ3n) is 11.3. The van der Waals surface area contributed by atoms with Gasteiger partial charge in [-0.25, -0.2) is 9.97 Å². The van der Waals surface area contributed by atoms with Gasteiger partial charge < -0.3 is 0 Å². The van der Waals surface area contributed by atoms with E-state index in [9.17, 15) is 0 Å². The van der Waals surface area contributed by atoms with E-state index in [1.807, 2.05) is 0 Å². The van der Waals surface area contributed by atoms with Gasteiger partial charge in [-0.3, -0.25) is 4.57 Å². The maximum atomic E-state index is 5.44. The summed E-state index contributed by atoms with van der Waals surface area (Å²) >= 11 is 0. The minimum absolute atomic E-state index is 0.223. The lowest BCUT2D eigenvalue weighted by Crippen LogP contribution is -2.16. The van der Waals surface area contributed by atoms with Crippen LogP contribution in [0.25, 0.3) is 93.7 Å². The van der Waals surface area contributed by atoms with Crippen LogP contribution in [0.1, 0.15) is 25.0 Å². The second-order valence-corrected chi connectivity index (χ2v) is 14.5. The highest BCUT2D eigenvalue weighted by Crippen LogP contribution is 2.54. The van der Waals surface area contributed by atoms with Gasteiger partial charge >= 0.3 is 0 Å². The summed E-state index contributed by atoms with van der Waals surface area (Å²) in [5.41, 5.74) is 12.5. The predicted octanol–water partition coefficient (Wildman–Crippen LogP) is 12.7. The Morgan fingerprint density at radius 2 is 1.13 bits per heavy atom. The van der Waals surface area contributed by atoms with Crippen LogP contribution in [-0.2, 0) is 5.41 Å². The van der Waals surface area contributed by atoms with E-state index in [0.29, 0.717) is 0 Å². The summed E-state index contributed by atoms with van der Waals surface area (Å²) in [4.78, 5) is 10.8. The van der Waals surface area contributed by atoms with Crippen LogP contribution in [0.2, 0.25) is 0 Å². The molecule has 0 N–H and O–H groups in total. The quantitative estimate of drug-likeness (QED) is 0.176. The minimum atomic E-state index is -0.223. The van der Waals surface area contributed by atoms with Crippen LogP contribution in [0.3, 0.4) is 0 Å². The van der Waals surface area contributed by atoms with E-state index >= 15 is 0 Å². The SMILES string of the molecule is CC1(C)c2ccccc2-c2nc3ccc4ccccc4c3c(-c3ccc(-n4c(-c5ccccc5)nc5c6ccccc6c6ccccc6c54)cc3)c21. The maximum absolute atomic E-state index is 5.44. The van der Waals surface area contributed by atoms with Gasteiger partial charge in [0, 0.05) is 38.4 Å². The molecular weight excluding hydrogens is 631 g/mol. The fourth-order valence-corrected chi connectivity index (χ4v) is 9.01. The number of rotatable bonds is 3. The van der Waals surface area contributed by atoms with Gasteiger partial charge in [0.2, 0.25) is 0 Å². The van der Waals surface area contributed by atoms with Crippen molar-refractivity contribution in [2.45, 2.75) is 19.3 Å². The van der Waals surface area contributed by atoms with Crippen LogP contribution < -0.4 is 0 Å². The Morgan fingerprint density at radius 1 is 0.500 bits per heavy atom. The Bertz CT molecular complexity index is 3080. The first-order valence-electron chi connectivity index (χ1n) is 18.0. The molecule has 0 spiro atoms. The molecular formula is C49H33N3. The first-order valence-corrected chi connectivity index (χ1v) is 18.0. The molecule has 0 aliphatic heterocycles. The van der Waals surface area contributed by atoms with Crippen LogP contribution in [0.4, 0.5) is 0 Å². The van der Waals surface area contributed by atoms with Crippen molar-refractivity contribution in [3.63, 3.8) is 0 Å². The van der Waals surface area contributed by atoms with Crippen molar-refractivity contribution in [1.82, 2.24) is 14.5 Å². The standard InChI is InChI=1S/C49H33N3/c1-49(2)40-23-13-12-22-39(40)45-44(49)42(43-34-17-7-6-14-30(34)26-29-41(43)50-45)31-24-27-33(28-25-31)52-47-38-21-11-9-19-36(38)35-18-8-10-20-37(35)46(47)51-48(52)32-15-4-3-5-16-32/h3-29H,1-2H3. The molecule has 0 amide bonds. The largest absolute Gasteiger partial charge is 0.292 e. The van der Waals surface area contributed by atoms with E-state index in [1.165, 1.54) is 60.1 Å². The van der Waals surface area contributed by atoms with E-state index in [0.717, 1.165) is 44.7 Å². The lowest BCUT2D eigenvalue weighted by molar-refractivity contribution is 0.662. The molecule has 0 saturated carbocycles. The van der Waals surface area contributed by atoms with E-state index in [2.05, 4.69) is 182 Å². The molecule has 0 fully saturated rings. The van der Waals surface area contributed by atoms with Gasteiger partial charge in [0.15, 0.2) is 0 Å². The number of hydrogen-bond acceptors (Lipinski definition) is 2. The average molecular weight is 664 g/mol. The number of benzene rings is 8. The number of aromatic nitrogens is 3. The Hall–Kier alpha value is -6.58. The second-order valence-electron chi connectivity index (χ2n) is 14.5. The van der Waals surface area contributed by atoms with Gasteiger partial charge in [-0.05, 0) is 62.0 Å². The van der Waals surface area contributed by atoms with Gasteiger partial charge in [0.25, 0.3) is 0 Å². The smallest absolute Gasteiger partial charge is 0.145 e. The normalized spacial score (nSPS) is 13.3. The summed E-state index contributed by atoms with van der Waals surface area (Å²) < 4.78 is 2.37. The summed E-state index contributed by atoms with van der Waals surface area (Å²) in [6, 6.07) is 59.1. The fraction of sp³-hybridized carbons (Fsp3) is 0.0612. The van der Waals surface area contributed by atoms with Gasteiger partial charge in [-0.1, -0.05) is 159 Å². The Kier molecular flexibility index (Phi) is 6.01. The molecule has 0 unspecified atom stereocenters. The van der Waals surface area contributed by atoms with Crippen molar-refractivity contribution < 1.29 is 0 Å². The maximum Gasteiger partial charge on any atom is 0.145 e. The molecule has 244 valence electrons. The predicted molar refractivity (Wildman–Crippen MR) is 217 cm³/mol. The Morgan fingerprint density at radius 3 is 1.92 bits per heavy atom. The summed E-state index contributed by atoms with van der Waals surface area (Å²) in [6.45, 7) is 4.71. The Balaban J connectivity index is 1.22. The lowest BCUT2D eigenvalue weighted by atomic mass is 9.78. The first kappa shape index (κ1) is 29.2. The van der Waals surface area contributed by atoms with Gasteiger partial charge in [-0.15, -0.1) is 0 Å². The molecule has 1 aliphatic carbocycles. The van der Waals surface area contributed by atoms with Crippen molar-refractivity contribution in [3.05, 3.63) is 175 Å². The zero-order valence-corrected chi connectivity index (χ0v) is 28.9. The third-order valence-corrected chi connectivity index (χ3v) is 11.3. The zero-order valence-electron chi connectivity index (χ0n) is 28.9. The van der Waals surface area contributed by atoms with Crippen LogP contribution in [-0.4, -0.2) is 14.5 Å². The summed E-state index contributed by atoms with van der Waals surface area (Å²) in [5, 5.41) is 8.47. The van der Waals surface area contributed by atoms with Crippen molar-refractivity contribution in [2.24, 2.45) is 0 Å². The highest BCUT2D eigenvalue weighted by Gasteiger charge is 2.39. The molecule has 3 nitrogen and oxygen atoms in total. The number of nitrogens with zero attached hydrogens (tertiary/aromatic N) is 3. The molecule has 2 heterocycles. The summed E-state index contributed by atoms with van der Waals surface area (Å²) in [7, 11) is 0. The molecule has 0 saturated heterocycles. The fourth-order valence-electron chi connectivity index (χ4n) is 9.01. The van der Waals surface area contributed by atoms with Crippen LogP contribution in [0, 0.1) is 0 Å². The van der Waals surface area contributed by atoms with Gasteiger partial charge in [0.1, 0.15) is 5.82 Å². The molecule has 52 heavy (non-hydrogen) atoms. The van der Waals surface area contributed by atoms with Crippen molar-refractivity contribution >= 4 is 54.3 Å². The second kappa shape index (κ2) is 10.7. The molecule has 1 aliphatic rings. The zero-order chi connectivity index (χ0) is 34.6. The Labute approximate surface area is 301 Å². The molecule has 8 aromatic carbocycles. The topological polar surface area (TPSA) is 30.7 Å². The molecule has 0 bridgehead atoms. The van der Waals surface area contributed by atoms with Gasteiger partial charge in [-0.2, -0.15) is 0 Å². The number of imidazole rings is 1.